The molecular formula is C10H6FNO5S. The van der Waals surface area contributed by atoms with Crippen LogP contribution in [0.25, 0.3) is 0 Å². The lowest BCUT2D eigenvalue weighted by Gasteiger charge is -2.05. The van der Waals surface area contributed by atoms with Crippen LogP contribution in [0.2, 0.25) is 0 Å². The third-order valence-corrected chi connectivity index (χ3v) is 3.53. The Morgan fingerprint density at radius 1 is 1.39 bits per heavy atom. The Kier molecular flexibility index (Phi) is 2.87. The average molecular weight is 271 g/mol. The highest BCUT2D eigenvalue weighted by Gasteiger charge is 2.36. The molecule has 0 bridgehead atoms. The second-order valence-electron chi connectivity index (χ2n) is 3.26. The third-order valence-electron chi connectivity index (χ3n) is 2.02. The molecule has 1 aliphatic heterocycles. The molecule has 1 aliphatic rings. The molecule has 1 aromatic rings. The minimum Gasteiger partial charge on any atom is -0.477 e. The van der Waals surface area contributed by atoms with Crippen molar-refractivity contribution in [2.75, 3.05) is 0 Å². The molecule has 2 rings (SSSR count). The maximum absolute atomic E-state index is 12.9. The minimum atomic E-state index is -4.27. The Morgan fingerprint density at radius 2 is 2.11 bits per heavy atom. The first kappa shape index (κ1) is 12.2. The van der Waals surface area contributed by atoms with Crippen molar-refractivity contribution < 1.29 is 27.4 Å². The van der Waals surface area contributed by atoms with E-state index < -0.39 is 31.8 Å². The molecule has 6 nitrogen and oxygen atoms in total. The Balaban J connectivity index is 2.27. The smallest absolute Gasteiger partial charge is 0.349 e. The van der Waals surface area contributed by atoms with E-state index in [0.717, 1.165) is 12.1 Å². The summed E-state index contributed by atoms with van der Waals surface area (Å²) >= 11 is 0. The maximum Gasteiger partial charge on any atom is 0.349 e. The van der Waals surface area contributed by atoms with E-state index in [1.807, 2.05) is 0 Å². The maximum atomic E-state index is 12.9. The molecule has 8 heteroatoms. The number of nitrogens with zero attached hydrogens (tertiary/aromatic N) is 1. The van der Waals surface area contributed by atoms with Crippen LogP contribution in [-0.4, -0.2) is 24.7 Å². The van der Waals surface area contributed by atoms with Crippen LogP contribution >= 0.6 is 0 Å². The van der Waals surface area contributed by atoms with Gasteiger partial charge in [-0.05, 0) is 12.1 Å². The van der Waals surface area contributed by atoms with Crippen molar-refractivity contribution >= 4 is 21.0 Å². The molecule has 0 amide bonds. The van der Waals surface area contributed by atoms with Gasteiger partial charge in [0.1, 0.15) is 11.6 Å². The summed E-state index contributed by atoms with van der Waals surface area (Å²) in [7, 11) is -4.27. The molecule has 94 valence electrons. The molecule has 18 heavy (non-hydrogen) atoms. The normalized spacial score (nSPS) is 16.9. The van der Waals surface area contributed by atoms with Crippen LogP contribution in [-0.2, 0) is 14.6 Å². The summed E-state index contributed by atoms with van der Waals surface area (Å²) in [6.07, 6.45) is 0.673. The summed E-state index contributed by atoms with van der Waals surface area (Å²) in [4.78, 5) is 13.1. The Hall–Kier alpha value is -2.22. The minimum absolute atomic E-state index is 0.0858. The van der Waals surface area contributed by atoms with Crippen molar-refractivity contribution in [1.29, 1.82) is 0 Å². The SMILES string of the molecule is O=C(O)C1=CN=C(Oc2cccc(F)c2)S1(=O)=O. The van der Waals surface area contributed by atoms with E-state index in [9.17, 15) is 17.6 Å². The van der Waals surface area contributed by atoms with Gasteiger partial charge in [0.15, 0.2) is 4.91 Å². The van der Waals surface area contributed by atoms with Crippen molar-refractivity contribution in [3.8, 4) is 5.75 Å². The Labute approximate surface area is 101 Å². The molecule has 0 saturated heterocycles. The van der Waals surface area contributed by atoms with E-state index in [-0.39, 0.29) is 5.75 Å². The second kappa shape index (κ2) is 4.22. The number of benzene rings is 1. The summed E-state index contributed by atoms with van der Waals surface area (Å²) in [6, 6.07) is 4.74. The number of rotatable bonds is 2. The molecule has 1 N–H and O–H groups in total. The predicted octanol–water partition coefficient (Wildman–Crippen LogP) is 0.915. The highest BCUT2D eigenvalue weighted by atomic mass is 32.2. The van der Waals surface area contributed by atoms with Crippen LogP contribution in [0, 0.1) is 5.82 Å². The zero-order valence-corrected chi connectivity index (χ0v) is 9.52. The number of hydrogen-bond acceptors (Lipinski definition) is 5. The highest BCUT2D eigenvalue weighted by Crippen LogP contribution is 2.21. The molecule has 0 unspecified atom stereocenters. The standard InChI is InChI=1S/C10H6FNO5S/c11-6-2-1-3-7(4-6)17-10-12-5-8(9(13)14)18(10,15)16/h1-5H,(H,13,14). The predicted molar refractivity (Wildman–Crippen MR) is 59.1 cm³/mol. The number of aliphatic imine (C=N–C) groups is 1. The Morgan fingerprint density at radius 3 is 2.67 bits per heavy atom. The molecule has 0 fully saturated rings. The van der Waals surface area contributed by atoms with Gasteiger partial charge < -0.3 is 9.84 Å². The van der Waals surface area contributed by atoms with Crippen LogP contribution in [0.15, 0.2) is 40.4 Å². The van der Waals surface area contributed by atoms with Crippen molar-refractivity contribution in [1.82, 2.24) is 0 Å². The van der Waals surface area contributed by atoms with Crippen molar-refractivity contribution in [2.24, 2.45) is 4.99 Å². The zero-order valence-electron chi connectivity index (χ0n) is 8.70. The topological polar surface area (TPSA) is 93.0 Å². The van der Waals surface area contributed by atoms with Gasteiger partial charge >= 0.3 is 11.2 Å². The van der Waals surface area contributed by atoms with Gasteiger partial charge in [-0.2, -0.15) is 0 Å². The molecule has 0 atom stereocenters. The first-order valence-electron chi connectivity index (χ1n) is 4.61. The second-order valence-corrected chi connectivity index (χ2v) is 5.05. The van der Waals surface area contributed by atoms with E-state index in [2.05, 4.69) is 4.99 Å². The van der Waals surface area contributed by atoms with Crippen molar-refractivity contribution in [3.05, 3.63) is 41.2 Å². The fraction of sp³-hybridized carbons (Fsp3) is 0. The highest BCUT2D eigenvalue weighted by molar-refractivity contribution is 8.10. The third kappa shape index (κ3) is 2.09. The molecule has 0 saturated carbocycles. The van der Waals surface area contributed by atoms with Crippen LogP contribution in [0.3, 0.4) is 0 Å². The van der Waals surface area contributed by atoms with Gasteiger partial charge in [0.05, 0.1) is 6.20 Å². The number of hydrogen-bond donors (Lipinski definition) is 1. The van der Waals surface area contributed by atoms with Gasteiger partial charge in [0, 0.05) is 6.07 Å². The van der Waals surface area contributed by atoms with Gasteiger partial charge in [0.25, 0.3) is 9.84 Å². The molecule has 0 radical (unpaired) electrons. The van der Waals surface area contributed by atoms with E-state index in [0.29, 0.717) is 6.20 Å². The lowest BCUT2D eigenvalue weighted by Crippen LogP contribution is -2.22. The lowest BCUT2D eigenvalue weighted by atomic mass is 10.3. The molecule has 0 aliphatic carbocycles. The lowest BCUT2D eigenvalue weighted by molar-refractivity contribution is -0.131. The number of carbonyl (C=O) groups is 1. The largest absolute Gasteiger partial charge is 0.477 e. The molecule has 1 heterocycles. The van der Waals surface area contributed by atoms with Crippen LogP contribution < -0.4 is 4.74 Å². The quantitative estimate of drug-likeness (QED) is 0.863. The van der Waals surface area contributed by atoms with E-state index in [1.54, 1.807) is 0 Å². The summed E-state index contributed by atoms with van der Waals surface area (Å²) in [5.74, 6) is -2.33. The Bertz CT molecular complexity index is 677. The number of aliphatic carboxylic acids is 1. The summed E-state index contributed by atoms with van der Waals surface area (Å²) in [5, 5.41) is 7.85. The first-order chi connectivity index (χ1) is 8.41. The molecule has 0 aromatic heterocycles. The monoisotopic (exact) mass is 271 g/mol. The van der Waals surface area contributed by atoms with Gasteiger partial charge in [-0.15, -0.1) is 0 Å². The van der Waals surface area contributed by atoms with E-state index in [4.69, 9.17) is 9.84 Å². The number of sulfone groups is 1. The van der Waals surface area contributed by atoms with Gasteiger partial charge in [0.2, 0.25) is 0 Å². The first-order valence-corrected chi connectivity index (χ1v) is 6.09. The fourth-order valence-corrected chi connectivity index (χ4v) is 2.23. The number of carboxylic acid groups (broad SMARTS) is 1. The van der Waals surface area contributed by atoms with Crippen LogP contribution in [0.4, 0.5) is 4.39 Å². The van der Waals surface area contributed by atoms with Crippen molar-refractivity contribution in [3.63, 3.8) is 0 Å². The molecular weight excluding hydrogens is 265 g/mol. The summed E-state index contributed by atoms with van der Waals surface area (Å²) in [5.41, 5.74) is 0. The summed E-state index contributed by atoms with van der Waals surface area (Å²) < 4.78 is 41.0. The van der Waals surface area contributed by atoms with E-state index >= 15 is 0 Å². The van der Waals surface area contributed by atoms with Gasteiger partial charge in [-0.3, -0.25) is 0 Å². The fourth-order valence-electron chi connectivity index (χ4n) is 1.23. The molecule has 1 aromatic carbocycles. The number of ether oxygens (including phenoxy) is 1. The zero-order chi connectivity index (χ0) is 13.3. The van der Waals surface area contributed by atoms with E-state index in [1.165, 1.54) is 12.1 Å². The number of carboxylic acids is 1. The number of halogens is 1. The molecule has 0 spiro atoms. The average Bonchev–Trinajstić information content (AvgIpc) is 2.54. The van der Waals surface area contributed by atoms with Crippen LogP contribution in [0.1, 0.15) is 0 Å². The van der Waals surface area contributed by atoms with Gasteiger partial charge in [-0.1, -0.05) is 6.07 Å². The van der Waals surface area contributed by atoms with Crippen LogP contribution in [0.5, 0.6) is 5.75 Å². The summed E-state index contributed by atoms with van der Waals surface area (Å²) in [6.45, 7) is 0. The van der Waals surface area contributed by atoms with Crippen molar-refractivity contribution in [2.45, 2.75) is 0 Å². The van der Waals surface area contributed by atoms with Gasteiger partial charge in [-0.25, -0.2) is 22.6 Å².